The van der Waals surface area contributed by atoms with Crippen LogP contribution in [-0.4, -0.2) is 50.9 Å². The Bertz CT molecular complexity index is 395. The second-order valence-electron chi connectivity index (χ2n) is 4.44. The van der Waals surface area contributed by atoms with Crippen molar-refractivity contribution in [3.05, 3.63) is 24.3 Å². The zero-order valence-electron chi connectivity index (χ0n) is 11.2. The van der Waals surface area contributed by atoms with Gasteiger partial charge in [-0.2, -0.15) is 0 Å². The lowest BCUT2D eigenvalue weighted by Crippen LogP contribution is -2.55. The third kappa shape index (κ3) is 3.37. The minimum Gasteiger partial charge on any atom is -0.493 e. The summed E-state index contributed by atoms with van der Waals surface area (Å²) in [4.78, 5) is 0. The number of benzene rings is 1. The number of aliphatic hydroxyl groups excluding tert-OH is 1. The Morgan fingerprint density at radius 3 is 2.53 bits per heavy atom. The predicted octanol–water partition coefficient (Wildman–Crippen LogP) is 1.24. The first kappa shape index (κ1) is 14.1. The van der Waals surface area contributed by atoms with E-state index in [1.807, 2.05) is 24.3 Å². The quantitative estimate of drug-likeness (QED) is 0.754. The Morgan fingerprint density at radius 2 is 1.89 bits per heavy atom. The van der Waals surface area contributed by atoms with Crippen LogP contribution in [0.5, 0.6) is 11.5 Å². The lowest BCUT2D eigenvalue weighted by Gasteiger charge is -2.40. The zero-order valence-corrected chi connectivity index (χ0v) is 11.2. The Labute approximate surface area is 113 Å². The maximum absolute atomic E-state index is 9.70. The van der Waals surface area contributed by atoms with Crippen molar-refractivity contribution in [2.24, 2.45) is 0 Å². The van der Waals surface area contributed by atoms with Crippen molar-refractivity contribution in [3.63, 3.8) is 0 Å². The fourth-order valence-electron chi connectivity index (χ4n) is 2.04. The molecular formula is C14H20O5. The van der Waals surface area contributed by atoms with Crippen molar-refractivity contribution in [1.29, 1.82) is 0 Å². The van der Waals surface area contributed by atoms with Crippen LogP contribution in [0, 0.1) is 0 Å². The van der Waals surface area contributed by atoms with Crippen LogP contribution in [0.2, 0.25) is 0 Å². The van der Waals surface area contributed by atoms with Gasteiger partial charge in [0.1, 0.15) is 12.2 Å². The van der Waals surface area contributed by atoms with Crippen LogP contribution in [0.4, 0.5) is 0 Å². The van der Waals surface area contributed by atoms with E-state index in [4.69, 9.17) is 18.9 Å². The number of ether oxygens (including phenoxy) is 4. The van der Waals surface area contributed by atoms with E-state index in [2.05, 4.69) is 0 Å². The molecule has 0 aliphatic heterocycles. The molecule has 106 valence electrons. The van der Waals surface area contributed by atoms with Crippen molar-refractivity contribution in [3.8, 4) is 11.5 Å². The van der Waals surface area contributed by atoms with Crippen LogP contribution in [0.15, 0.2) is 24.3 Å². The summed E-state index contributed by atoms with van der Waals surface area (Å²) >= 11 is 0. The number of hydrogen-bond donors (Lipinski definition) is 1. The van der Waals surface area contributed by atoms with E-state index in [1.54, 1.807) is 14.2 Å². The minimum absolute atomic E-state index is 0.150. The van der Waals surface area contributed by atoms with Gasteiger partial charge in [-0.15, -0.1) is 0 Å². The standard InChI is InChI=1S/C14H20O5/c1-16-7-8-18-14-10(15)9-13(14)19-12-6-4-3-5-11(12)17-2/h3-6,10,13-15H,7-9H2,1-2H3. The van der Waals surface area contributed by atoms with Crippen LogP contribution >= 0.6 is 0 Å². The second kappa shape index (κ2) is 6.75. The van der Waals surface area contributed by atoms with Gasteiger partial charge in [-0.05, 0) is 12.1 Å². The monoisotopic (exact) mass is 268 g/mol. The van der Waals surface area contributed by atoms with Crippen molar-refractivity contribution in [2.45, 2.75) is 24.7 Å². The van der Waals surface area contributed by atoms with Gasteiger partial charge in [-0.25, -0.2) is 0 Å². The van der Waals surface area contributed by atoms with Crippen LogP contribution in [0.25, 0.3) is 0 Å². The molecule has 1 N–H and O–H groups in total. The SMILES string of the molecule is COCCOC1C(O)CC1Oc1ccccc1OC. The number of hydrogen-bond acceptors (Lipinski definition) is 5. The maximum Gasteiger partial charge on any atom is 0.161 e. The number of aliphatic hydroxyl groups is 1. The molecule has 0 aromatic heterocycles. The largest absolute Gasteiger partial charge is 0.493 e. The lowest BCUT2D eigenvalue weighted by atomic mass is 9.88. The summed E-state index contributed by atoms with van der Waals surface area (Å²) in [5, 5.41) is 9.70. The highest BCUT2D eigenvalue weighted by Gasteiger charge is 2.43. The van der Waals surface area contributed by atoms with E-state index in [-0.39, 0.29) is 12.2 Å². The van der Waals surface area contributed by atoms with Gasteiger partial charge >= 0.3 is 0 Å². The van der Waals surface area contributed by atoms with Crippen molar-refractivity contribution in [2.75, 3.05) is 27.4 Å². The van der Waals surface area contributed by atoms with Crippen LogP contribution in [0.3, 0.4) is 0 Å². The van der Waals surface area contributed by atoms with E-state index in [0.717, 1.165) is 0 Å². The summed E-state index contributed by atoms with van der Waals surface area (Å²) in [5.41, 5.74) is 0. The molecule has 1 fully saturated rings. The molecule has 1 saturated carbocycles. The highest BCUT2D eigenvalue weighted by atomic mass is 16.6. The molecule has 0 radical (unpaired) electrons. The van der Waals surface area contributed by atoms with E-state index in [0.29, 0.717) is 31.1 Å². The van der Waals surface area contributed by atoms with Gasteiger partial charge in [0.2, 0.25) is 0 Å². The van der Waals surface area contributed by atoms with Gasteiger partial charge in [-0.1, -0.05) is 12.1 Å². The maximum atomic E-state index is 9.70. The van der Waals surface area contributed by atoms with Crippen LogP contribution in [-0.2, 0) is 9.47 Å². The number of para-hydroxylation sites is 2. The van der Waals surface area contributed by atoms with E-state index in [9.17, 15) is 5.11 Å². The molecular weight excluding hydrogens is 248 g/mol. The molecule has 0 spiro atoms. The van der Waals surface area contributed by atoms with Gasteiger partial charge in [0.25, 0.3) is 0 Å². The Balaban J connectivity index is 1.91. The van der Waals surface area contributed by atoms with Gasteiger partial charge < -0.3 is 24.1 Å². The summed E-state index contributed by atoms with van der Waals surface area (Å²) in [6, 6.07) is 7.45. The zero-order chi connectivity index (χ0) is 13.7. The molecule has 19 heavy (non-hydrogen) atoms. The summed E-state index contributed by atoms with van der Waals surface area (Å²) in [6.07, 6.45) is -0.366. The molecule has 1 aromatic carbocycles. The summed E-state index contributed by atoms with van der Waals surface area (Å²) in [7, 11) is 3.22. The van der Waals surface area contributed by atoms with E-state index in [1.165, 1.54) is 0 Å². The third-order valence-electron chi connectivity index (χ3n) is 3.16. The highest BCUT2D eigenvalue weighted by molar-refractivity contribution is 5.39. The van der Waals surface area contributed by atoms with Crippen LogP contribution in [0.1, 0.15) is 6.42 Å². The van der Waals surface area contributed by atoms with E-state index >= 15 is 0 Å². The smallest absolute Gasteiger partial charge is 0.161 e. The first-order valence-electron chi connectivity index (χ1n) is 6.34. The predicted molar refractivity (Wildman–Crippen MR) is 69.6 cm³/mol. The molecule has 1 aliphatic carbocycles. The molecule has 5 nitrogen and oxygen atoms in total. The average molecular weight is 268 g/mol. The average Bonchev–Trinajstić information content (AvgIpc) is 2.43. The number of methoxy groups -OCH3 is 2. The Hall–Kier alpha value is -1.30. The van der Waals surface area contributed by atoms with Crippen molar-refractivity contribution < 1.29 is 24.1 Å². The van der Waals surface area contributed by atoms with Gasteiger partial charge in [0.15, 0.2) is 11.5 Å². The topological polar surface area (TPSA) is 57.2 Å². The fraction of sp³-hybridized carbons (Fsp3) is 0.571. The molecule has 0 heterocycles. The van der Waals surface area contributed by atoms with Gasteiger partial charge in [0.05, 0.1) is 26.4 Å². The molecule has 5 heteroatoms. The van der Waals surface area contributed by atoms with E-state index < -0.39 is 6.10 Å². The van der Waals surface area contributed by atoms with Gasteiger partial charge in [0, 0.05) is 13.5 Å². The normalized spacial score (nSPS) is 25.7. The second-order valence-corrected chi connectivity index (χ2v) is 4.44. The molecule has 3 atom stereocenters. The summed E-state index contributed by atoms with van der Waals surface area (Å²) in [5.74, 6) is 1.35. The molecule has 0 bridgehead atoms. The molecule has 1 aliphatic rings. The summed E-state index contributed by atoms with van der Waals surface area (Å²) in [6.45, 7) is 0.953. The lowest BCUT2D eigenvalue weighted by molar-refractivity contribution is -0.167. The highest BCUT2D eigenvalue weighted by Crippen LogP contribution is 2.33. The molecule has 1 aromatic rings. The van der Waals surface area contributed by atoms with Crippen molar-refractivity contribution in [1.82, 2.24) is 0 Å². The van der Waals surface area contributed by atoms with Gasteiger partial charge in [-0.3, -0.25) is 0 Å². The third-order valence-corrected chi connectivity index (χ3v) is 3.16. The summed E-state index contributed by atoms with van der Waals surface area (Å²) < 4.78 is 21.5. The minimum atomic E-state index is -0.475. The van der Waals surface area contributed by atoms with Crippen LogP contribution < -0.4 is 9.47 Å². The Morgan fingerprint density at radius 1 is 1.16 bits per heavy atom. The molecule has 3 unspecified atom stereocenters. The molecule has 0 saturated heterocycles. The molecule has 2 rings (SSSR count). The number of rotatable bonds is 7. The first-order valence-corrected chi connectivity index (χ1v) is 6.34. The fourth-order valence-corrected chi connectivity index (χ4v) is 2.04. The Kier molecular flexibility index (Phi) is 5.01. The molecule has 0 amide bonds. The van der Waals surface area contributed by atoms with Crippen molar-refractivity contribution >= 4 is 0 Å². The first-order chi connectivity index (χ1) is 9.26.